The molecule has 0 spiro atoms. The molecule has 0 aliphatic rings. The number of nitrogens with one attached hydrogen (secondary N) is 2. The van der Waals surface area contributed by atoms with Crippen LogP contribution in [0.3, 0.4) is 0 Å². The molecule has 28 heavy (non-hydrogen) atoms. The number of halogens is 1. The summed E-state index contributed by atoms with van der Waals surface area (Å²) in [6.07, 6.45) is 1.58. The highest BCUT2D eigenvalue weighted by atomic mass is 35.5. The van der Waals surface area contributed by atoms with Crippen LogP contribution in [0.25, 0.3) is 0 Å². The molecule has 152 valence electrons. The molecule has 1 aromatic heterocycles. The second-order valence-corrected chi connectivity index (χ2v) is 7.89. The summed E-state index contributed by atoms with van der Waals surface area (Å²) in [4.78, 5) is 16.2. The number of sulfonamides is 1. The lowest BCUT2D eigenvalue weighted by Gasteiger charge is -2.11. The first-order chi connectivity index (χ1) is 13.4. The monoisotopic (exact) mass is 427 g/mol. The van der Waals surface area contributed by atoms with Crippen LogP contribution in [0.1, 0.15) is 12.0 Å². The molecule has 0 aliphatic carbocycles. The standard InChI is InChI=1S/C18H22ClN3O5S/c1-26-10-11-27-18-14(4-3-8-20-18)13-21-17(23)7-9-22-28(24,25)16-6-2-5-15(19)12-16/h2-6,8,12,22H,7,9-11,13H2,1H3,(H,21,23). The predicted molar refractivity (Wildman–Crippen MR) is 105 cm³/mol. The zero-order valence-corrected chi connectivity index (χ0v) is 16.9. The van der Waals surface area contributed by atoms with Crippen molar-refractivity contribution in [1.29, 1.82) is 0 Å². The molecule has 0 aliphatic heterocycles. The molecule has 0 atom stereocenters. The van der Waals surface area contributed by atoms with E-state index in [0.29, 0.717) is 29.7 Å². The quantitative estimate of drug-likeness (QED) is 0.529. The number of carbonyl (C=O) groups is 1. The minimum Gasteiger partial charge on any atom is -0.475 e. The minimum atomic E-state index is -3.72. The minimum absolute atomic E-state index is 0.0140. The summed E-state index contributed by atoms with van der Waals surface area (Å²) in [5, 5.41) is 3.04. The number of benzene rings is 1. The highest BCUT2D eigenvalue weighted by Crippen LogP contribution is 2.15. The van der Waals surface area contributed by atoms with Crippen LogP contribution < -0.4 is 14.8 Å². The van der Waals surface area contributed by atoms with Gasteiger partial charge in [0.1, 0.15) is 6.61 Å². The number of ether oxygens (including phenoxy) is 2. The number of rotatable bonds is 11. The van der Waals surface area contributed by atoms with Gasteiger partial charge in [-0.1, -0.05) is 23.7 Å². The molecule has 1 heterocycles. The van der Waals surface area contributed by atoms with E-state index in [2.05, 4.69) is 15.0 Å². The van der Waals surface area contributed by atoms with Gasteiger partial charge in [-0.05, 0) is 24.3 Å². The van der Waals surface area contributed by atoms with Gasteiger partial charge in [0.25, 0.3) is 0 Å². The van der Waals surface area contributed by atoms with Gasteiger partial charge < -0.3 is 14.8 Å². The summed E-state index contributed by atoms with van der Waals surface area (Å²) < 4.78 is 37.2. The van der Waals surface area contributed by atoms with Crippen LogP contribution in [0.4, 0.5) is 0 Å². The third-order valence-electron chi connectivity index (χ3n) is 3.60. The van der Waals surface area contributed by atoms with Crippen molar-refractivity contribution >= 4 is 27.5 Å². The van der Waals surface area contributed by atoms with Gasteiger partial charge in [-0.15, -0.1) is 0 Å². The largest absolute Gasteiger partial charge is 0.475 e. The average Bonchev–Trinajstić information content (AvgIpc) is 2.67. The lowest BCUT2D eigenvalue weighted by Crippen LogP contribution is -2.30. The zero-order valence-electron chi connectivity index (χ0n) is 15.4. The molecular formula is C18H22ClN3O5S. The smallest absolute Gasteiger partial charge is 0.240 e. The first kappa shape index (κ1) is 22.1. The molecule has 0 saturated carbocycles. The number of hydrogen-bond donors (Lipinski definition) is 2. The van der Waals surface area contributed by atoms with Crippen molar-refractivity contribution in [2.75, 3.05) is 26.9 Å². The van der Waals surface area contributed by atoms with E-state index in [1.165, 1.54) is 12.1 Å². The number of aromatic nitrogens is 1. The Labute approximate surface area is 169 Å². The van der Waals surface area contributed by atoms with Crippen LogP contribution in [0.2, 0.25) is 5.02 Å². The average molecular weight is 428 g/mol. The topological polar surface area (TPSA) is 107 Å². The molecule has 10 heteroatoms. The Hall–Kier alpha value is -2.20. The van der Waals surface area contributed by atoms with E-state index in [9.17, 15) is 13.2 Å². The van der Waals surface area contributed by atoms with E-state index in [1.807, 2.05) is 0 Å². The SMILES string of the molecule is COCCOc1ncccc1CNC(=O)CCNS(=O)(=O)c1cccc(Cl)c1. The Morgan fingerprint density at radius 3 is 2.79 bits per heavy atom. The maximum atomic E-state index is 12.2. The van der Waals surface area contributed by atoms with Gasteiger partial charge in [-0.3, -0.25) is 4.79 Å². The van der Waals surface area contributed by atoms with Crippen molar-refractivity contribution in [2.45, 2.75) is 17.9 Å². The van der Waals surface area contributed by atoms with Crippen molar-refractivity contribution in [3.8, 4) is 5.88 Å². The lowest BCUT2D eigenvalue weighted by molar-refractivity contribution is -0.121. The molecule has 0 saturated heterocycles. The molecule has 2 aromatic rings. The summed E-state index contributed by atoms with van der Waals surface area (Å²) in [7, 11) is -2.15. The highest BCUT2D eigenvalue weighted by molar-refractivity contribution is 7.89. The van der Waals surface area contributed by atoms with Gasteiger partial charge in [-0.2, -0.15) is 0 Å². The molecule has 0 bridgehead atoms. The molecule has 0 radical (unpaired) electrons. The first-order valence-electron chi connectivity index (χ1n) is 8.50. The van der Waals surface area contributed by atoms with Gasteiger partial charge in [-0.25, -0.2) is 18.1 Å². The van der Waals surface area contributed by atoms with Crippen LogP contribution in [-0.4, -0.2) is 46.2 Å². The van der Waals surface area contributed by atoms with Crippen LogP contribution in [0.15, 0.2) is 47.5 Å². The molecule has 1 amide bonds. The van der Waals surface area contributed by atoms with E-state index >= 15 is 0 Å². The van der Waals surface area contributed by atoms with Crippen LogP contribution >= 0.6 is 11.6 Å². The van der Waals surface area contributed by atoms with Crippen molar-refractivity contribution in [1.82, 2.24) is 15.0 Å². The van der Waals surface area contributed by atoms with Gasteiger partial charge >= 0.3 is 0 Å². The molecule has 0 fully saturated rings. The number of nitrogens with zero attached hydrogens (tertiary/aromatic N) is 1. The Morgan fingerprint density at radius 2 is 2.04 bits per heavy atom. The number of pyridine rings is 1. The fraction of sp³-hybridized carbons (Fsp3) is 0.333. The third-order valence-corrected chi connectivity index (χ3v) is 5.30. The van der Waals surface area contributed by atoms with Gasteiger partial charge in [0, 0.05) is 43.4 Å². The molecule has 0 unspecified atom stereocenters. The maximum absolute atomic E-state index is 12.2. The summed E-state index contributed by atoms with van der Waals surface area (Å²) in [6.45, 7) is 0.954. The number of carbonyl (C=O) groups excluding carboxylic acids is 1. The molecule has 2 N–H and O–H groups in total. The predicted octanol–water partition coefficient (Wildman–Crippen LogP) is 1.75. The van der Waals surface area contributed by atoms with Crippen LogP contribution in [-0.2, 0) is 26.1 Å². The Kier molecular flexibility index (Phi) is 8.65. The van der Waals surface area contributed by atoms with Gasteiger partial charge in [0.15, 0.2) is 0 Å². The Balaban J connectivity index is 1.80. The zero-order chi connectivity index (χ0) is 20.4. The van der Waals surface area contributed by atoms with E-state index in [0.717, 1.165) is 0 Å². The van der Waals surface area contributed by atoms with Gasteiger partial charge in [0.05, 0.1) is 11.5 Å². The maximum Gasteiger partial charge on any atom is 0.240 e. The second kappa shape index (κ2) is 11.0. The third kappa shape index (κ3) is 7.08. The number of amides is 1. The molecule has 8 nitrogen and oxygen atoms in total. The first-order valence-corrected chi connectivity index (χ1v) is 10.4. The fourth-order valence-electron chi connectivity index (χ4n) is 2.21. The summed E-state index contributed by atoms with van der Waals surface area (Å²) in [6, 6.07) is 9.43. The van der Waals surface area contributed by atoms with Gasteiger partial charge in [0.2, 0.25) is 21.8 Å². The fourth-order valence-corrected chi connectivity index (χ4v) is 3.54. The molecule has 2 rings (SSSR count). The second-order valence-electron chi connectivity index (χ2n) is 5.69. The number of hydrogen-bond acceptors (Lipinski definition) is 6. The van der Waals surface area contributed by atoms with Crippen molar-refractivity contribution in [2.24, 2.45) is 0 Å². The normalized spacial score (nSPS) is 11.2. The van der Waals surface area contributed by atoms with Crippen molar-refractivity contribution < 1.29 is 22.7 Å². The Bertz CT molecular complexity index is 892. The summed E-state index contributed by atoms with van der Waals surface area (Å²) in [5.74, 6) is 0.113. The highest BCUT2D eigenvalue weighted by Gasteiger charge is 2.14. The van der Waals surface area contributed by atoms with E-state index < -0.39 is 10.0 Å². The number of methoxy groups -OCH3 is 1. The summed E-state index contributed by atoms with van der Waals surface area (Å²) >= 11 is 5.81. The van der Waals surface area contributed by atoms with Crippen LogP contribution in [0, 0.1) is 0 Å². The van der Waals surface area contributed by atoms with Crippen molar-refractivity contribution in [3.63, 3.8) is 0 Å². The van der Waals surface area contributed by atoms with E-state index in [4.69, 9.17) is 21.1 Å². The van der Waals surface area contributed by atoms with Crippen molar-refractivity contribution in [3.05, 3.63) is 53.2 Å². The van der Waals surface area contributed by atoms with Crippen LogP contribution in [0.5, 0.6) is 5.88 Å². The summed E-state index contributed by atoms with van der Waals surface area (Å²) in [5.41, 5.74) is 0.714. The molecular weight excluding hydrogens is 406 g/mol. The lowest BCUT2D eigenvalue weighted by atomic mass is 10.2. The Morgan fingerprint density at radius 1 is 1.21 bits per heavy atom. The molecule has 1 aromatic carbocycles. The van der Waals surface area contributed by atoms with E-state index in [1.54, 1.807) is 37.6 Å². The van der Waals surface area contributed by atoms with E-state index in [-0.39, 0.29) is 30.3 Å².